The number of carbonyl (C=O) groups is 3. The molecule has 8 nitrogen and oxygen atoms in total. The van der Waals surface area contributed by atoms with Crippen LogP contribution in [0.2, 0.25) is 0 Å². The number of rotatable bonds is 8. The largest absolute Gasteiger partial charge is 0.478 e. The van der Waals surface area contributed by atoms with Crippen LogP contribution >= 0.6 is 0 Å². The zero-order valence-electron chi connectivity index (χ0n) is 21.5. The topological polar surface area (TPSA) is 139 Å². The molecule has 0 heterocycles. The van der Waals surface area contributed by atoms with E-state index in [1.54, 1.807) is 0 Å². The van der Waals surface area contributed by atoms with Gasteiger partial charge in [-0.2, -0.15) is 0 Å². The van der Waals surface area contributed by atoms with E-state index in [9.17, 15) is 14.4 Å². The maximum Gasteiger partial charge on any atom is 0.328 e. The molecule has 35 heavy (non-hydrogen) atoms. The van der Waals surface area contributed by atoms with Gasteiger partial charge in [0.25, 0.3) is 0 Å². The van der Waals surface area contributed by atoms with Crippen LogP contribution in [0, 0.1) is 29.6 Å². The molecule has 0 aromatic rings. The quantitative estimate of drug-likeness (QED) is 0.379. The molecule has 8 heteroatoms. The summed E-state index contributed by atoms with van der Waals surface area (Å²) in [6.45, 7) is 6.78. The summed E-state index contributed by atoms with van der Waals surface area (Å²) in [5.41, 5.74) is 5.65. The van der Waals surface area contributed by atoms with Crippen LogP contribution in [0.25, 0.3) is 0 Å². The van der Waals surface area contributed by atoms with E-state index in [1.807, 2.05) is 13.8 Å². The minimum Gasteiger partial charge on any atom is -0.478 e. The van der Waals surface area contributed by atoms with Gasteiger partial charge in [-0.3, -0.25) is 4.79 Å². The normalized spacial score (nSPS) is 35.9. The van der Waals surface area contributed by atoms with Crippen LogP contribution in [0.5, 0.6) is 0 Å². The van der Waals surface area contributed by atoms with Crippen molar-refractivity contribution in [1.29, 1.82) is 0 Å². The summed E-state index contributed by atoms with van der Waals surface area (Å²) < 4.78 is 6.88. The minimum atomic E-state index is -1.26. The number of carboxylic acids is 2. The van der Waals surface area contributed by atoms with Gasteiger partial charge in [-0.25, -0.2) is 9.59 Å². The van der Waals surface area contributed by atoms with Gasteiger partial charge < -0.3 is 26.0 Å². The minimum absolute atomic E-state index is 0.0340. The van der Waals surface area contributed by atoms with Gasteiger partial charge in [0.2, 0.25) is 5.91 Å². The monoisotopic (exact) mass is 492 g/mol. The summed E-state index contributed by atoms with van der Waals surface area (Å²) >= 11 is 0. The molecular weight excluding hydrogens is 448 g/mol. The molecule has 0 saturated heterocycles. The first-order valence-corrected chi connectivity index (χ1v) is 13.2. The van der Waals surface area contributed by atoms with E-state index in [2.05, 4.69) is 12.2 Å². The van der Waals surface area contributed by atoms with Gasteiger partial charge in [0.1, 0.15) is 0 Å². The maximum atomic E-state index is 12.2. The van der Waals surface area contributed by atoms with Gasteiger partial charge in [0.15, 0.2) is 0 Å². The van der Waals surface area contributed by atoms with E-state index in [-0.39, 0.29) is 17.0 Å². The van der Waals surface area contributed by atoms with E-state index in [0.717, 1.165) is 49.4 Å². The van der Waals surface area contributed by atoms with Crippen LogP contribution in [0.15, 0.2) is 12.2 Å². The third-order valence-corrected chi connectivity index (χ3v) is 8.31. The fourth-order valence-corrected chi connectivity index (χ4v) is 6.81. The highest BCUT2D eigenvalue weighted by Gasteiger charge is 2.50. The highest BCUT2D eigenvalue weighted by Crippen LogP contribution is 2.56. The Kier molecular flexibility index (Phi) is 9.02. The Bertz CT molecular complexity index is 750. The number of hydrogen-bond acceptors (Lipinski definition) is 5. The van der Waals surface area contributed by atoms with Crippen molar-refractivity contribution in [3.8, 4) is 0 Å². The lowest BCUT2D eigenvalue weighted by molar-refractivity contribution is -0.194. The molecule has 5 rings (SSSR count). The third-order valence-electron chi connectivity index (χ3n) is 8.31. The lowest BCUT2D eigenvalue weighted by atomic mass is 9.55. The van der Waals surface area contributed by atoms with Crippen molar-refractivity contribution in [2.45, 2.75) is 102 Å². The van der Waals surface area contributed by atoms with Crippen LogP contribution in [0.4, 0.5) is 0 Å². The van der Waals surface area contributed by atoms with Gasteiger partial charge >= 0.3 is 11.9 Å². The van der Waals surface area contributed by atoms with E-state index in [4.69, 9.17) is 20.7 Å². The highest BCUT2D eigenvalue weighted by molar-refractivity contribution is 5.89. The molecule has 0 aromatic carbocycles. The second-order valence-corrected chi connectivity index (χ2v) is 12.4. The molecule has 0 atom stereocenters. The van der Waals surface area contributed by atoms with Crippen molar-refractivity contribution < 1.29 is 29.3 Å². The van der Waals surface area contributed by atoms with Crippen LogP contribution in [0.3, 0.4) is 0 Å². The number of hydrogen-bond donors (Lipinski definition) is 4. The van der Waals surface area contributed by atoms with E-state index in [0.29, 0.717) is 37.1 Å². The van der Waals surface area contributed by atoms with E-state index < -0.39 is 11.9 Å². The number of amides is 1. The Hall–Kier alpha value is -1.93. The zero-order chi connectivity index (χ0) is 25.8. The summed E-state index contributed by atoms with van der Waals surface area (Å²) in [5, 5.41) is 18.6. The van der Waals surface area contributed by atoms with Crippen molar-refractivity contribution in [3.63, 3.8) is 0 Å². The summed E-state index contributed by atoms with van der Waals surface area (Å²) in [5.74, 6) is 1.83. The molecule has 4 bridgehead atoms. The number of ether oxygens (including phenoxy) is 1. The average Bonchev–Trinajstić information content (AvgIpc) is 2.75. The number of carbonyl (C=O) groups excluding carboxylic acids is 1. The summed E-state index contributed by atoms with van der Waals surface area (Å²) in [7, 11) is 0. The van der Waals surface area contributed by atoms with Gasteiger partial charge in [0.05, 0.1) is 11.7 Å². The molecule has 0 aromatic heterocycles. The standard InChI is InChI=1S/C23H40N2O2.C4H4O4/c1-22(2,24)14-25-20(26)13-15-4-6-23(3,7-5-15)27-21-18-9-16-8-17(11-18)12-19(21)10-16;5-3(6)1-2-4(7)8/h15-19,21H,4-14,24H2,1-3H3,(H,25,26);1-2H,(H,5,6)(H,7,8)/b;2-1-. The first kappa shape index (κ1) is 27.7. The zero-order valence-corrected chi connectivity index (χ0v) is 21.5. The highest BCUT2D eigenvalue weighted by atomic mass is 16.5. The van der Waals surface area contributed by atoms with Crippen molar-refractivity contribution >= 4 is 17.8 Å². The summed E-state index contributed by atoms with van der Waals surface area (Å²) in [6.07, 6.45) is 13.9. The number of carboxylic acid groups (broad SMARTS) is 2. The molecule has 5 aliphatic carbocycles. The Morgan fingerprint density at radius 3 is 1.89 bits per heavy atom. The molecule has 0 spiro atoms. The number of nitrogens with two attached hydrogens (primary N) is 1. The van der Waals surface area contributed by atoms with Crippen molar-refractivity contribution in [2.75, 3.05) is 6.54 Å². The van der Waals surface area contributed by atoms with E-state index in [1.165, 1.54) is 32.1 Å². The Balaban J connectivity index is 0.000000371. The average molecular weight is 493 g/mol. The SMILES string of the molecule is CC(C)(N)CNC(=O)CC1CCC(C)(OC2C3CC4CC(C3)CC2C4)CC1.O=C(O)/C=C\C(=O)O. The Labute approximate surface area is 209 Å². The molecule has 198 valence electrons. The fourth-order valence-electron chi connectivity index (χ4n) is 6.81. The van der Waals surface area contributed by atoms with Gasteiger partial charge in [0, 0.05) is 30.7 Å². The lowest BCUT2D eigenvalue weighted by Gasteiger charge is -2.56. The van der Waals surface area contributed by atoms with E-state index >= 15 is 0 Å². The second-order valence-electron chi connectivity index (χ2n) is 12.4. The number of nitrogens with one attached hydrogen (secondary N) is 1. The van der Waals surface area contributed by atoms with Crippen LogP contribution in [-0.4, -0.2) is 51.8 Å². The van der Waals surface area contributed by atoms with Crippen molar-refractivity contribution in [2.24, 2.45) is 35.3 Å². The number of aliphatic carboxylic acids is 2. The molecule has 0 radical (unpaired) electrons. The van der Waals surface area contributed by atoms with Crippen molar-refractivity contribution in [3.05, 3.63) is 12.2 Å². The van der Waals surface area contributed by atoms with Crippen molar-refractivity contribution in [1.82, 2.24) is 5.32 Å². The fraction of sp³-hybridized carbons (Fsp3) is 0.815. The predicted octanol–water partition coefficient (Wildman–Crippen LogP) is 3.73. The first-order valence-electron chi connectivity index (χ1n) is 13.2. The molecule has 1 amide bonds. The third kappa shape index (κ3) is 8.60. The summed E-state index contributed by atoms with van der Waals surface area (Å²) in [6, 6.07) is 0. The van der Waals surface area contributed by atoms with Gasteiger partial charge in [-0.1, -0.05) is 0 Å². The first-order chi connectivity index (χ1) is 16.3. The molecule has 5 fully saturated rings. The Morgan fingerprint density at radius 2 is 1.46 bits per heavy atom. The maximum absolute atomic E-state index is 12.2. The van der Waals surface area contributed by atoms with Crippen LogP contribution in [-0.2, 0) is 19.1 Å². The predicted molar refractivity (Wildman–Crippen MR) is 133 cm³/mol. The smallest absolute Gasteiger partial charge is 0.328 e. The molecule has 0 aliphatic heterocycles. The van der Waals surface area contributed by atoms with Gasteiger partial charge in [-0.15, -0.1) is 0 Å². The second kappa shape index (κ2) is 11.4. The van der Waals surface area contributed by atoms with Crippen LogP contribution < -0.4 is 11.1 Å². The summed E-state index contributed by atoms with van der Waals surface area (Å²) in [4.78, 5) is 31.3. The van der Waals surface area contributed by atoms with Crippen LogP contribution in [0.1, 0.15) is 85.0 Å². The molecule has 5 N–H and O–H groups in total. The molecular formula is C27H44N2O6. The Morgan fingerprint density at radius 1 is 0.971 bits per heavy atom. The molecule has 5 saturated carbocycles. The lowest BCUT2D eigenvalue weighted by Crippen LogP contribution is -2.52. The molecule has 5 aliphatic rings. The van der Waals surface area contributed by atoms with Gasteiger partial charge in [-0.05, 0) is 108 Å². The molecule has 0 unspecified atom stereocenters.